The van der Waals surface area contributed by atoms with E-state index < -0.39 is 12.2 Å². The number of nitrogens with zero attached hydrogens (tertiary/aromatic N) is 1. The number of carbonyl (C=O) groups excluding carboxylic acids is 2. The molecular formula is C10H16N2O3. The predicted molar refractivity (Wildman–Crippen MR) is 53.0 cm³/mol. The molecule has 0 aromatic rings. The highest BCUT2D eigenvalue weighted by molar-refractivity contribution is 5.84. The summed E-state index contributed by atoms with van der Waals surface area (Å²) in [5.74, 6) is 0.138. The Kier molecular flexibility index (Phi) is 2.79. The molecule has 0 bridgehead atoms. The first-order valence-electron chi connectivity index (χ1n) is 5.43. The number of rotatable bonds is 3. The zero-order valence-corrected chi connectivity index (χ0v) is 8.65. The van der Waals surface area contributed by atoms with E-state index in [-0.39, 0.29) is 11.8 Å². The Bertz CT molecular complexity index is 270. The van der Waals surface area contributed by atoms with Crippen LogP contribution in [0.5, 0.6) is 0 Å². The molecule has 0 aromatic carbocycles. The third-order valence-electron chi connectivity index (χ3n) is 2.95. The van der Waals surface area contributed by atoms with E-state index in [9.17, 15) is 9.59 Å². The first-order valence-corrected chi connectivity index (χ1v) is 5.43. The largest absolute Gasteiger partial charge is 0.436 e. The first-order chi connectivity index (χ1) is 7.18. The molecule has 2 fully saturated rings. The standard InChI is InChI=1S/C10H16N2O3/c11-10(14)15-8(7-3-4-7)9(13)12-5-1-2-6-12/h7-8H,1-6H2,(H2,11,14). The molecule has 2 N–H and O–H groups in total. The van der Waals surface area contributed by atoms with Gasteiger partial charge in [-0.15, -0.1) is 0 Å². The average molecular weight is 212 g/mol. The average Bonchev–Trinajstić information content (AvgIpc) is 2.88. The van der Waals surface area contributed by atoms with E-state index in [0.717, 1.165) is 38.8 Å². The lowest BCUT2D eigenvalue weighted by Gasteiger charge is -2.22. The van der Waals surface area contributed by atoms with Crippen LogP contribution >= 0.6 is 0 Å². The van der Waals surface area contributed by atoms with E-state index in [0.29, 0.717) is 0 Å². The van der Waals surface area contributed by atoms with Gasteiger partial charge >= 0.3 is 6.09 Å². The van der Waals surface area contributed by atoms with Crippen molar-refractivity contribution in [3.63, 3.8) is 0 Å². The molecule has 1 atom stereocenters. The fourth-order valence-corrected chi connectivity index (χ4v) is 1.99. The van der Waals surface area contributed by atoms with Crippen LogP contribution in [0, 0.1) is 5.92 Å². The molecule has 1 unspecified atom stereocenters. The zero-order valence-electron chi connectivity index (χ0n) is 8.65. The Balaban J connectivity index is 1.96. The first kappa shape index (κ1) is 10.3. The minimum Gasteiger partial charge on any atom is -0.436 e. The molecule has 2 rings (SSSR count). The monoisotopic (exact) mass is 212 g/mol. The van der Waals surface area contributed by atoms with E-state index in [1.165, 1.54) is 0 Å². The molecule has 0 radical (unpaired) electrons. The van der Waals surface area contributed by atoms with Crippen molar-refractivity contribution in [1.29, 1.82) is 0 Å². The zero-order chi connectivity index (χ0) is 10.8. The van der Waals surface area contributed by atoms with Gasteiger partial charge < -0.3 is 15.4 Å². The number of primary amides is 1. The Morgan fingerprint density at radius 1 is 1.27 bits per heavy atom. The van der Waals surface area contributed by atoms with Gasteiger partial charge in [0, 0.05) is 19.0 Å². The molecule has 0 aromatic heterocycles. The van der Waals surface area contributed by atoms with Crippen LogP contribution in [0.2, 0.25) is 0 Å². The molecule has 1 heterocycles. The fourth-order valence-electron chi connectivity index (χ4n) is 1.99. The normalized spacial score (nSPS) is 22.5. The highest BCUT2D eigenvalue weighted by atomic mass is 16.6. The molecule has 15 heavy (non-hydrogen) atoms. The lowest BCUT2D eigenvalue weighted by molar-refractivity contribution is -0.140. The second kappa shape index (κ2) is 4.08. The molecule has 0 spiro atoms. The summed E-state index contributed by atoms with van der Waals surface area (Å²) in [6.07, 6.45) is 2.52. The molecule has 1 aliphatic carbocycles. The van der Waals surface area contributed by atoms with Crippen LogP contribution in [0.15, 0.2) is 0 Å². The van der Waals surface area contributed by atoms with Crippen LogP contribution in [0.25, 0.3) is 0 Å². The van der Waals surface area contributed by atoms with Crippen molar-refractivity contribution >= 4 is 12.0 Å². The van der Waals surface area contributed by atoms with Gasteiger partial charge in [0.2, 0.25) is 0 Å². The van der Waals surface area contributed by atoms with Crippen molar-refractivity contribution in [2.24, 2.45) is 11.7 Å². The second-order valence-electron chi connectivity index (χ2n) is 4.23. The van der Waals surface area contributed by atoms with Gasteiger partial charge in [0.15, 0.2) is 6.10 Å². The van der Waals surface area contributed by atoms with Crippen LogP contribution in [0.4, 0.5) is 4.79 Å². The number of hydrogen-bond donors (Lipinski definition) is 1. The van der Waals surface area contributed by atoms with Gasteiger partial charge in [-0.05, 0) is 25.7 Å². The third kappa shape index (κ3) is 2.40. The van der Waals surface area contributed by atoms with Crippen LogP contribution in [0.3, 0.4) is 0 Å². The summed E-state index contributed by atoms with van der Waals surface area (Å²) in [7, 11) is 0. The molecule has 5 nitrogen and oxygen atoms in total. The summed E-state index contributed by atoms with van der Waals surface area (Å²) in [6, 6.07) is 0. The summed E-state index contributed by atoms with van der Waals surface area (Å²) in [5, 5.41) is 0. The second-order valence-corrected chi connectivity index (χ2v) is 4.23. The van der Waals surface area contributed by atoms with Gasteiger partial charge in [-0.25, -0.2) is 4.79 Å². The Labute approximate surface area is 88.5 Å². The molecule has 1 saturated heterocycles. The summed E-state index contributed by atoms with van der Waals surface area (Å²) in [4.78, 5) is 24.4. The van der Waals surface area contributed by atoms with Crippen molar-refractivity contribution < 1.29 is 14.3 Å². The molecule has 1 aliphatic heterocycles. The number of amides is 2. The minimum atomic E-state index is -0.848. The molecule has 5 heteroatoms. The van der Waals surface area contributed by atoms with Gasteiger partial charge in [0.25, 0.3) is 5.91 Å². The summed E-state index contributed by atoms with van der Waals surface area (Å²) < 4.78 is 4.90. The highest BCUT2D eigenvalue weighted by Crippen LogP contribution is 2.35. The molecular weight excluding hydrogens is 196 g/mol. The molecule has 84 valence electrons. The van der Waals surface area contributed by atoms with Gasteiger partial charge in [0.05, 0.1) is 0 Å². The number of hydrogen-bond acceptors (Lipinski definition) is 3. The molecule has 1 saturated carbocycles. The molecule has 2 amide bonds. The Morgan fingerprint density at radius 3 is 2.33 bits per heavy atom. The van der Waals surface area contributed by atoms with E-state index in [1.54, 1.807) is 4.90 Å². The predicted octanol–water partition coefficient (Wildman–Crippen LogP) is 0.483. The lowest BCUT2D eigenvalue weighted by Crippen LogP contribution is -2.41. The summed E-state index contributed by atoms with van der Waals surface area (Å²) >= 11 is 0. The van der Waals surface area contributed by atoms with Crippen molar-refractivity contribution in [2.75, 3.05) is 13.1 Å². The SMILES string of the molecule is NC(=O)OC(C(=O)N1CCCC1)C1CC1. The Morgan fingerprint density at radius 2 is 1.87 bits per heavy atom. The highest BCUT2D eigenvalue weighted by Gasteiger charge is 2.41. The third-order valence-corrected chi connectivity index (χ3v) is 2.95. The van der Waals surface area contributed by atoms with Crippen molar-refractivity contribution in [3.05, 3.63) is 0 Å². The van der Waals surface area contributed by atoms with Crippen molar-refractivity contribution in [3.8, 4) is 0 Å². The Hall–Kier alpha value is -1.26. The van der Waals surface area contributed by atoms with Crippen LogP contribution in [-0.2, 0) is 9.53 Å². The smallest absolute Gasteiger partial charge is 0.405 e. The minimum absolute atomic E-state index is 0.0613. The van der Waals surface area contributed by atoms with E-state index in [4.69, 9.17) is 10.5 Å². The van der Waals surface area contributed by atoms with Crippen molar-refractivity contribution in [2.45, 2.75) is 31.8 Å². The number of ether oxygens (including phenoxy) is 1. The van der Waals surface area contributed by atoms with Crippen LogP contribution < -0.4 is 5.73 Å². The van der Waals surface area contributed by atoms with E-state index in [2.05, 4.69) is 0 Å². The van der Waals surface area contributed by atoms with Gasteiger partial charge in [-0.2, -0.15) is 0 Å². The van der Waals surface area contributed by atoms with E-state index >= 15 is 0 Å². The summed E-state index contributed by atoms with van der Waals surface area (Å²) in [5.41, 5.74) is 4.96. The molecule has 2 aliphatic rings. The van der Waals surface area contributed by atoms with Crippen LogP contribution in [0.1, 0.15) is 25.7 Å². The van der Waals surface area contributed by atoms with Gasteiger partial charge in [0.1, 0.15) is 0 Å². The number of likely N-dealkylation sites (tertiary alicyclic amines) is 1. The maximum absolute atomic E-state index is 12.0. The quantitative estimate of drug-likeness (QED) is 0.739. The van der Waals surface area contributed by atoms with Crippen LogP contribution in [-0.4, -0.2) is 36.1 Å². The number of nitrogens with two attached hydrogens (primary N) is 1. The van der Waals surface area contributed by atoms with Gasteiger partial charge in [-0.3, -0.25) is 4.79 Å². The van der Waals surface area contributed by atoms with Gasteiger partial charge in [-0.1, -0.05) is 0 Å². The lowest BCUT2D eigenvalue weighted by atomic mass is 10.2. The fraction of sp³-hybridized carbons (Fsp3) is 0.800. The maximum Gasteiger partial charge on any atom is 0.405 e. The van der Waals surface area contributed by atoms with Crippen molar-refractivity contribution in [1.82, 2.24) is 4.90 Å². The summed E-state index contributed by atoms with van der Waals surface area (Å²) in [6.45, 7) is 1.56. The topological polar surface area (TPSA) is 72.6 Å². The maximum atomic E-state index is 12.0. The van der Waals surface area contributed by atoms with E-state index in [1.807, 2.05) is 0 Å². The number of carbonyl (C=O) groups is 2.